The zero-order valence-electron chi connectivity index (χ0n) is 28.2. The van der Waals surface area contributed by atoms with Gasteiger partial charge in [-0.1, -0.05) is 0 Å². The van der Waals surface area contributed by atoms with E-state index in [0.717, 1.165) is 0 Å². The molecule has 22 nitrogen and oxygen atoms in total. The fourth-order valence-electron chi connectivity index (χ4n) is 6.44. The van der Waals surface area contributed by atoms with Gasteiger partial charge in [0.1, 0.15) is 109 Å². The molecule has 1 aromatic carbocycles. The van der Waals surface area contributed by atoms with E-state index in [-0.39, 0.29) is 5.75 Å². The van der Waals surface area contributed by atoms with Gasteiger partial charge in [-0.2, -0.15) is 0 Å². The molecule has 0 spiro atoms. The second-order valence-corrected chi connectivity index (χ2v) is 12.9. The summed E-state index contributed by atoms with van der Waals surface area (Å²) in [6.07, 6.45) is -34.8. The lowest BCUT2D eigenvalue weighted by Crippen LogP contribution is -2.63. The van der Waals surface area contributed by atoms with Crippen molar-refractivity contribution >= 4 is 0 Å². The summed E-state index contributed by atoms with van der Waals surface area (Å²) < 4.78 is 50.0. The molecule has 22 heteroatoms. The van der Waals surface area contributed by atoms with E-state index < -0.39 is 149 Å². The molecule has 4 aliphatic heterocycles. The number of methoxy groups -OCH3 is 1. The summed E-state index contributed by atoms with van der Waals surface area (Å²) in [5, 5.41) is 135. The number of aliphatic hydroxyl groups is 13. The highest BCUT2D eigenvalue weighted by Gasteiger charge is 2.57. The van der Waals surface area contributed by atoms with Crippen LogP contribution >= 0.6 is 0 Å². The summed E-state index contributed by atoms with van der Waals surface area (Å²) in [6.45, 7) is -3.45. The Hall–Kier alpha value is -1.98. The average Bonchev–Trinajstić information content (AvgIpc) is 3.63. The highest BCUT2D eigenvalue weighted by molar-refractivity contribution is 5.31. The minimum Gasteiger partial charge on any atom is -0.497 e. The highest BCUT2D eigenvalue weighted by atomic mass is 16.8. The molecule has 0 saturated carbocycles. The molecular weight excluding hydrogens is 724 g/mol. The summed E-state index contributed by atoms with van der Waals surface area (Å²) in [5.74, 6) is 0.703. The monoisotopic (exact) mass is 772 g/mol. The first-order chi connectivity index (χ1) is 25.3. The van der Waals surface area contributed by atoms with E-state index in [1.165, 1.54) is 19.2 Å². The maximum atomic E-state index is 11.3. The van der Waals surface area contributed by atoms with Crippen LogP contribution in [0.25, 0.3) is 0 Å². The maximum absolute atomic E-state index is 11.3. The molecule has 4 saturated heterocycles. The first-order valence-electron chi connectivity index (χ1n) is 16.7. The Bertz CT molecular complexity index is 1260. The van der Waals surface area contributed by atoms with Gasteiger partial charge in [0.25, 0.3) is 0 Å². The molecule has 20 atom stereocenters. The van der Waals surface area contributed by atoms with Gasteiger partial charge in [0.2, 0.25) is 6.29 Å². The molecule has 0 bridgehead atoms. The van der Waals surface area contributed by atoms with Crippen molar-refractivity contribution in [2.45, 2.75) is 123 Å². The molecule has 0 amide bonds. The Morgan fingerprint density at radius 1 is 0.509 bits per heavy atom. The molecular formula is C31H48O22. The van der Waals surface area contributed by atoms with Crippen LogP contribution in [0.1, 0.15) is 0 Å². The summed E-state index contributed by atoms with van der Waals surface area (Å²) in [4.78, 5) is 0. The molecule has 1 aromatic rings. The Kier molecular flexibility index (Phi) is 14.6. The van der Waals surface area contributed by atoms with Gasteiger partial charge in [-0.3, -0.25) is 0 Å². The predicted octanol–water partition coefficient (Wildman–Crippen LogP) is -7.65. The highest BCUT2D eigenvalue weighted by Crippen LogP contribution is 2.36. The van der Waals surface area contributed by atoms with E-state index in [1.807, 2.05) is 0 Å². The van der Waals surface area contributed by atoms with Crippen molar-refractivity contribution in [2.75, 3.05) is 33.5 Å². The van der Waals surface area contributed by atoms with Gasteiger partial charge < -0.3 is 109 Å². The Morgan fingerprint density at radius 2 is 0.925 bits per heavy atom. The lowest BCUT2D eigenvalue weighted by atomic mass is 9.98. The Balaban J connectivity index is 1.32. The molecule has 4 heterocycles. The quantitative estimate of drug-likeness (QED) is 0.0787. The SMILES string of the molecule is COc1ccc(O[C@@H]2O[C@H](CO)[C@H](O)[C@H](O[C@@H]3O[C@@H]([C@H](O)CO)[C@H](O[C@H]4O[C@H](CO)[C@H](O)[C@H](O[C@@H]5O[C@@H]([C@H](O)CO)[C@H](O)[C@H]5O)[C@H]4O)[C@H]3O)[C@H]2O)cc1. The van der Waals surface area contributed by atoms with Crippen molar-refractivity contribution in [3.8, 4) is 11.5 Å². The number of benzene rings is 1. The number of hydrogen-bond acceptors (Lipinski definition) is 22. The van der Waals surface area contributed by atoms with Crippen LogP contribution in [0, 0.1) is 0 Å². The smallest absolute Gasteiger partial charge is 0.229 e. The Morgan fingerprint density at radius 3 is 1.45 bits per heavy atom. The van der Waals surface area contributed by atoms with Crippen molar-refractivity contribution in [3.05, 3.63) is 24.3 Å². The van der Waals surface area contributed by atoms with Crippen LogP contribution in [0.4, 0.5) is 0 Å². The molecule has 0 aromatic heterocycles. The minimum atomic E-state index is -2.03. The predicted molar refractivity (Wildman–Crippen MR) is 165 cm³/mol. The van der Waals surface area contributed by atoms with Gasteiger partial charge in [0, 0.05) is 0 Å². The van der Waals surface area contributed by atoms with E-state index >= 15 is 0 Å². The van der Waals surface area contributed by atoms with Crippen LogP contribution in [0.15, 0.2) is 24.3 Å². The minimum absolute atomic E-state index is 0.200. The van der Waals surface area contributed by atoms with Gasteiger partial charge in [0.15, 0.2) is 18.9 Å². The van der Waals surface area contributed by atoms with Crippen LogP contribution in [0.5, 0.6) is 11.5 Å². The van der Waals surface area contributed by atoms with E-state index in [1.54, 1.807) is 12.1 Å². The molecule has 53 heavy (non-hydrogen) atoms. The van der Waals surface area contributed by atoms with E-state index in [0.29, 0.717) is 5.75 Å². The van der Waals surface area contributed by atoms with Gasteiger partial charge in [-0.05, 0) is 24.3 Å². The Labute approximate surface area is 301 Å². The van der Waals surface area contributed by atoms with Crippen LogP contribution in [-0.4, -0.2) is 223 Å². The molecule has 0 radical (unpaired) electrons. The van der Waals surface area contributed by atoms with E-state index in [9.17, 15) is 66.4 Å². The molecule has 4 fully saturated rings. The largest absolute Gasteiger partial charge is 0.497 e. The molecule has 0 unspecified atom stereocenters. The summed E-state index contributed by atoms with van der Waals surface area (Å²) in [7, 11) is 1.46. The van der Waals surface area contributed by atoms with Gasteiger partial charge in [0.05, 0.1) is 33.5 Å². The lowest BCUT2D eigenvalue weighted by molar-refractivity contribution is -0.343. The van der Waals surface area contributed by atoms with Crippen LogP contribution in [-0.2, 0) is 33.2 Å². The average molecular weight is 773 g/mol. The number of ether oxygens (including phenoxy) is 9. The zero-order chi connectivity index (χ0) is 38.7. The molecule has 5 rings (SSSR count). The lowest BCUT2D eigenvalue weighted by Gasteiger charge is -2.44. The van der Waals surface area contributed by atoms with Gasteiger partial charge >= 0.3 is 0 Å². The maximum Gasteiger partial charge on any atom is 0.229 e. The fraction of sp³-hybridized carbons (Fsp3) is 0.806. The number of aliphatic hydroxyl groups excluding tert-OH is 13. The summed E-state index contributed by atoms with van der Waals surface area (Å²) in [5.41, 5.74) is 0. The number of hydrogen-bond donors (Lipinski definition) is 13. The molecule has 0 aliphatic carbocycles. The molecule has 4 aliphatic rings. The molecule has 304 valence electrons. The second kappa shape index (κ2) is 18.3. The number of rotatable bonds is 15. The third kappa shape index (κ3) is 8.87. The zero-order valence-corrected chi connectivity index (χ0v) is 28.2. The van der Waals surface area contributed by atoms with Crippen molar-refractivity contribution in [1.82, 2.24) is 0 Å². The van der Waals surface area contributed by atoms with Crippen LogP contribution in [0.3, 0.4) is 0 Å². The van der Waals surface area contributed by atoms with Gasteiger partial charge in [-0.15, -0.1) is 0 Å². The topological polar surface area (TPSA) is 346 Å². The third-order valence-corrected chi connectivity index (χ3v) is 9.45. The summed E-state index contributed by atoms with van der Waals surface area (Å²) in [6, 6.07) is 6.12. The van der Waals surface area contributed by atoms with Crippen molar-refractivity contribution in [2.24, 2.45) is 0 Å². The van der Waals surface area contributed by atoms with Crippen molar-refractivity contribution in [1.29, 1.82) is 0 Å². The second-order valence-electron chi connectivity index (χ2n) is 12.9. The standard InChI is InChI=1S/C31H48O22/c1-45-10-2-4-11(5-3-10)46-29-20(42)25(16(38)14(8-34)47-29)52-31-22(44)27(24(50-31)13(37)7-33)53-30-21(43)26(17(39)15(9-35)48-30)51-28-19(41)18(40)23(49-28)12(36)6-32/h2-5,12-44H,6-9H2,1H3/t12-,13-,14-,15-,16+,17+,18-,19-,20-,21-,22-,23+,24+,25+,26+,27-,28+,29-,30-,31+/m1/s1. The summed E-state index contributed by atoms with van der Waals surface area (Å²) >= 11 is 0. The first-order valence-corrected chi connectivity index (χ1v) is 16.7. The third-order valence-electron chi connectivity index (χ3n) is 9.45. The van der Waals surface area contributed by atoms with E-state index in [2.05, 4.69) is 0 Å². The normalized spacial score (nSPS) is 44.5. The first kappa shape index (κ1) is 42.2. The van der Waals surface area contributed by atoms with Gasteiger partial charge in [-0.25, -0.2) is 0 Å². The van der Waals surface area contributed by atoms with Crippen LogP contribution in [0.2, 0.25) is 0 Å². The van der Waals surface area contributed by atoms with E-state index in [4.69, 9.17) is 42.6 Å². The van der Waals surface area contributed by atoms with Crippen molar-refractivity contribution < 1.29 is 109 Å². The molecule has 13 N–H and O–H groups in total. The van der Waals surface area contributed by atoms with Crippen molar-refractivity contribution in [3.63, 3.8) is 0 Å². The van der Waals surface area contributed by atoms with Crippen LogP contribution < -0.4 is 9.47 Å². The fourth-order valence-corrected chi connectivity index (χ4v) is 6.44.